The van der Waals surface area contributed by atoms with Crippen molar-refractivity contribution in [1.82, 2.24) is 9.88 Å². The molecule has 3 rings (SSSR count). The number of fused-ring (bicyclic) bond motifs is 1. The van der Waals surface area contributed by atoms with E-state index in [1.165, 1.54) is 0 Å². The minimum absolute atomic E-state index is 0.0687. The van der Waals surface area contributed by atoms with Gasteiger partial charge in [0, 0.05) is 24.1 Å². The van der Waals surface area contributed by atoms with Gasteiger partial charge in [-0.05, 0) is 31.9 Å². The number of aromatic nitrogens is 1. The second-order valence-electron chi connectivity index (χ2n) is 5.23. The summed E-state index contributed by atoms with van der Waals surface area (Å²) in [6.07, 6.45) is 2.06. The third-order valence-electron chi connectivity index (χ3n) is 3.94. The highest BCUT2D eigenvalue weighted by Gasteiger charge is 2.26. The molecule has 4 heteroatoms. The van der Waals surface area contributed by atoms with Crippen molar-refractivity contribution >= 4 is 16.8 Å². The van der Waals surface area contributed by atoms with Crippen LogP contribution in [0.3, 0.4) is 0 Å². The smallest absolute Gasteiger partial charge is 0.270 e. The van der Waals surface area contributed by atoms with Crippen molar-refractivity contribution in [1.29, 1.82) is 0 Å². The van der Waals surface area contributed by atoms with Crippen molar-refractivity contribution in [2.24, 2.45) is 0 Å². The van der Waals surface area contributed by atoms with E-state index in [1.54, 1.807) is 0 Å². The van der Waals surface area contributed by atoms with Gasteiger partial charge in [-0.15, -0.1) is 0 Å². The van der Waals surface area contributed by atoms with Crippen molar-refractivity contribution < 1.29 is 9.53 Å². The van der Waals surface area contributed by atoms with Crippen LogP contribution in [0.25, 0.3) is 10.9 Å². The third kappa shape index (κ3) is 2.43. The van der Waals surface area contributed by atoms with Crippen LogP contribution in [0.5, 0.6) is 0 Å². The number of likely N-dealkylation sites (N-methyl/N-ethyl adjacent to an activating group) is 1. The van der Waals surface area contributed by atoms with Gasteiger partial charge in [-0.2, -0.15) is 0 Å². The van der Waals surface area contributed by atoms with Crippen LogP contribution < -0.4 is 0 Å². The number of carbonyl (C=O) groups excluding carboxylic acids is 1. The predicted octanol–water partition coefficient (Wildman–Crippen LogP) is 2.81. The zero-order valence-electron chi connectivity index (χ0n) is 11.8. The molecule has 1 N–H and O–H groups in total. The van der Waals surface area contributed by atoms with Gasteiger partial charge in [-0.1, -0.05) is 18.2 Å². The second kappa shape index (κ2) is 5.67. The summed E-state index contributed by atoms with van der Waals surface area (Å²) in [4.78, 5) is 17.8. The molecule has 1 saturated heterocycles. The van der Waals surface area contributed by atoms with Crippen LogP contribution in [-0.4, -0.2) is 41.6 Å². The van der Waals surface area contributed by atoms with E-state index < -0.39 is 0 Å². The molecular weight excluding hydrogens is 252 g/mol. The molecule has 1 aliphatic heterocycles. The van der Waals surface area contributed by atoms with Crippen LogP contribution >= 0.6 is 0 Å². The Hall–Kier alpha value is -1.81. The molecule has 0 radical (unpaired) electrons. The van der Waals surface area contributed by atoms with Crippen LogP contribution in [0.15, 0.2) is 30.3 Å². The summed E-state index contributed by atoms with van der Waals surface area (Å²) >= 11 is 0. The number of H-pyrrole nitrogens is 1. The number of aromatic amines is 1. The normalized spacial score (nSPS) is 19.1. The van der Waals surface area contributed by atoms with Gasteiger partial charge in [0.2, 0.25) is 0 Å². The van der Waals surface area contributed by atoms with E-state index in [0.29, 0.717) is 18.8 Å². The number of nitrogens with zero attached hydrogens (tertiary/aromatic N) is 1. The Morgan fingerprint density at radius 3 is 3.00 bits per heavy atom. The molecule has 4 nitrogen and oxygen atoms in total. The van der Waals surface area contributed by atoms with E-state index in [4.69, 9.17) is 4.74 Å². The monoisotopic (exact) mass is 272 g/mol. The summed E-state index contributed by atoms with van der Waals surface area (Å²) in [5.41, 5.74) is 1.67. The minimum atomic E-state index is 0.0687. The van der Waals surface area contributed by atoms with Crippen molar-refractivity contribution in [2.75, 3.05) is 19.8 Å². The average molecular weight is 272 g/mol. The quantitative estimate of drug-likeness (QED) is 0.933. The van der Waals surface area contributed by atoms with E-state index in [9.17, 15) is 4.79 Å². The number of ether oxygens (including phenoxy) is 1. The third-order valence-corrected chi connectivity index (χ3v) is 3.94. The largest absolute Gasteiger partial charge is 0.379 e. The first-order chi connectivity index (χ1) is 9.79. The lowest BCUT2D eigenvalue weighted by Gasteiger charge is -2.33. The maximum atomic E-state index is 12.7. The standard InChI is InChI=1S/C16H20N2O2/c1-2-18(13-7-5-9-20-11-13)16(19)15-10-12-6-3-4-8-14(12)17-15/h3-4,6,8,10,13,17H,2,5,7,9,11H2,1H3/t13-/m1/s1. The van der Waals surface area contributed by atoms with Gasteiger partial charge in [0.15, 0.2) is 0 Å². The molecule has 0 unspecified atom stereocenters. The van der Waals surface area contributed by atoms with Gasteiger partial charge >= 0.3 is 0 Å². The Morgan fingerprint density at radius 1 is 1.45 bits per heavy atom. The Bertz CT molecular complexity index is 566. The molecule has 1 amide bonds. The van der Waals surface area contributed by atoms with Crippen LogP contribution in [0, 0.1) is 0 Å². The molecule has 0 spiro atoms. The number of para-hydroxylation sites is 1. The summed E-state index contributed by atoms with van der Waals surface area (Å²) in [5.74, 6) is 0.0687. The number of benzene rings is 1. The van der Waals surface area contributed by atoms with Gasteiger partial charge in [0.05, 0.1) is 12.6 Å². The molecular formula is C16H20N2O2. The molecule has 106 valence electrons. The zero-order chi connectivity index (χ0) is 13.9. The Kier molecular flexibility index (Phi) is 3.74. The zero-order valence-corrected chi connectivity index (χ0v) is 11.8. The lowest BCUT2D eigenvalue weighted by atomic mass is 10.1. The number of carbonyl (C=O) groups is 1. The highest BCUT2D eigenvalue weighted by molar-refractivity contribution is 5.98. The van der Waals surface area contributed by atoms with Crippen LogP contribution in [0.1, 0.15) is 30.3 Å². The summed E-state index contributed by atoms with van der Waals surface area (Å²) < 4.78 is 5.51. The fraction of sp³-hybridized carbons (Fsp3) is 0.438. The van der Waals surface area contributed by atoms with Gasteiger partial charge in [-0.3, -0.25) is 4.79 Å². The minimum Gasteiger partial charge on any atom is -0.379 e. The Morgan fingerprint density at radius 2 is 2.30 bits per heavy atom. The highest BCUT2D eigenvalue weighted by atomic mass is 16.5. The van der Waals surface area contributed by atoms with E-state index >= 15 is 0 Å². The molecule has 20 heavy (non-hydrogen) atoms. The topological polar surface area (TPSA) is 45.3 Å². The molecule has 1 atom stereocenters. The fourth-order valence-corrected chi connectivity index (χ4v) is 2.88. The van der Waals surface area contributed by atoms with Gasteiger partial charge in [0.25, 0.3) is 5.91 Å². The first-order valence-corrected chi connectivity index (χ1v) is 7.26. The van der Waals surface area contributed by atoms with E-state index in [-0.39, 0.29) is 11.9 Å². The summed E-state index contributed by atoms with van der Waals surface area (Å²) in [7, 11) is 0. The Labute approximate surface area is 118 Å². The maximum Gasteiger partial charge on any atom is 0.270 e. The van der Waals surface area contributed by atoms with Crippen LogP contribution in [0.2, 0.25) is 0 Å². The molecule has 2 heterocycles. The number of nitrogens with one attached hydrogen (secondary N) is 1. The van der Waals surface area contributed by atoms with E-state index in [2.05, 4.69) is 4.98 Å². The molecule has 1 aromatic carbocycles. The van der Waals surface area contributed by atoms with Gasteiger partial charge in [-0.25, -0.2) is 0 Å². The van der Waals surface area contributed by atoms with E-state index in [0.717, 1.165) is 30.4 Å². The SMILES string of the molecule is CCN(C(=O)c1cc2ccccc2[nH]1)[C@@H]1CCCOC1. The van der Waals surface area contributed by atoms with Crippen molar-refractivity contribution in [3.8, 4) is 0 Å². The molecule has 1 aromatic heterocycles. The lowest BCUT2D eigenvalue weighted by Crippen LogP contribution is -2.44. The highest BCUT2D eigenvalue weighted by Crippen LogP contribution is 2.19. The fourth-order valence-electron chi connectivity index (χ4n) is 2.88. The lowest BCUT2D eigenvalue weighted by molar-refractivity contribution is 0.0181. The van der Waals surface area contributed by atoms with Crippen molar-refractivity contribution in [2.45, 2.75) is 25.8 Å². The summed E-state index contributed by atoms with van der Waals surface area (Å²) in [5, 5.41) is 1.08. The summed E-state index contributed by atoms with van der Waals surface area (Å²) in [6, 6.07) is 10.1. The van der Waals surface area contributed by atoms with Crippen molar-refractivity contribution in [3.63, 3.8) is 0 Å². The maximum absolute atomic E-state index is 12.7. The molecule has 1 fully saturated rings. The number of amides is 1. The second-order valence-corrected chi connectivity index (χ2v) is 5.23. The first-order valence-electron chi connectivity index (χ1n) is 7.26. The first kappa shape index (κ1) is 13.2. The van der Waals surface area contributed by atoms with Crippen LogP contribution in [0.4, 0.5) is 0 Å². The molecule has 0 saturated carbocycles. The number of hydrogen-bond donors (Lipinski definition) is 1. The van der Waals surface area contributed by atoms with Crippen molar-refractivity contribution in [3.05, 3.63) is 36.0 Å². The Balaban J connectivity index is 1.85. The average Bonchev–Trinajstić information content (AvgIpc) is 2.93. The number of rotatable bonds is 3. The molecule has 1 aliphatic rings. The van der Waals surface area contributed by atoms with Gasteiger partial charge < -0.3 is 14.6 Å². The number of hydrogen-bond acceptors (Lipinski definition) is 2. The predicted molar refractivity (Wildman–Crippen MR) is 78.9 cm³/mol. The van der Waals surface area contributed by atoms with Crippen LogP contribution in [-0.2, 0) is 4.74 Å². The summed E-state index contributed by atoms with van der Waals surface area (Å²) in [6.45, 7) is 4.20. The molecule has 0 aliphatic carbocycles. The van der Waals surface area contributed by atoms with Gasteiger partial charge in [0.1, 0.15) is 5.69 Å². The molecule has 0 bridgehead atoms. The molecule has 2 aromatic rings. The van der Waals surface area contributed by atoms with E-state index in [1.807, 2.05) is 42.2 Å².